The zero-order valence-electron chi connectivity index (χ0n) is 16.5. The molecule has 5 nitrogen and oxygen atoms in total. The van der Waals surface area contributed by atoms with Gasteiger partial charge in [-0.25, -0.2) is 8.78 Å². The van der Waals surface area contributed by atoms with E-state index in [9.17, 15) is 18.4 Å². The van der Waals surface area contributed by atoms with Crippen LogP contribution in [0.3, 0.4) is 0 Å². The van der Waals surface area contributed by atoms with Gasteiger partial charge in [-0.3, -0.25) is 9.59 Å². The van der Waals surface area contributed by atoms with E-state index in [1.165, 1.54) is 42.1 Å². The van der Waals surface area contributed by atoms with Crippen molar-refractivity contribution in [1.29, 1.82) is 0 Å². The van der Waals surface area contributed by atoms with Gasteiger partial charge in [0.05, 0.1) is 16.7 Å². The minimum Gasteiger partial charge on any atom is -0.372 e. The van der Waals surface area contributed by atoms with E-state index in [-0.39, 0.29) is 29.2 Å². The lowest BCUT2D eigenvalue weighted by Gasteiger charge is -2.20. The minimum absolute atomic E-state index is 0.113. The molecule has 156 valence electrons. The summed E-state index contributed by atoms with van der Waals surface area (Å²) in [4.78, 5) is 25.9. The highest BCUT2D eigenvalue weighted by Gasteiger charge is 2.15. The number of anilines is 2. The molecule has 0 heterocycles. The van der Waals surface area contributed by atoms with E-state index in [4.69, 9.17) is 0 Å². The van der Waals surface area contributed by atoms with Crippen LogP contribution in [0.15, 0.2) is 48.5 Å². The third-order valence-electron chi connectivity index (χ3n) is 4.19. The van der Waals surface area contributed by atoms with Crippen molar-refractivity contribution in [2.24, 2.45) is 0 Å². The minimum atomic E-state index is -0.390. The molecule has 2 aromatic carbocycles. The Hall–Kier alpha value is -2.61. The first kappa shape index (κ1) is 22.7. The smallest absolute Gasteiger partial charge is 0.234 e. The maximum absolute atomic E-state index is 13.7. The van der Waals surface area contributed by atoms with Gasteiger partial charge in [-0.2, -0.15) is 0 Å². The number of amides is 2. The molecule has 1 unspecified atom stereocenters. The van der Waals surface area contributed by atoms with Crippen molar-refractivity contribution in [2.45, 2.75) is 18.6 Å². The Morgan fingerprint density at radius 3 is 2.48 bits per heavy atom. The third-order valence-corrected chi connectivity index (χ3v) is 5.34. The molecule has 0 aliphatic heterocycles. The predicted molar refractivity (Wildman–Crippen MR) is 114 cm³/mol. The Bertz CT molecular complexity index is 818. The van der Waals surface area contributed by atoms with Crippen LogP contribution in [0.1, 0.15) is 13.3 Å². The first-order chi connectivity index (χ1) is 13.9. The molecular formula is C21H25F2N3O2S. The number of thioether (sulfide) groups is 1. The molecule has 0 aromatic heterocycles. The molecule has 1 atom stereocenters. The SMILES string of the molecule is CC(SCC(=O)Nc1ccc(F)cc1)C(=O)NCCCN(C)c1ccccc1F. The van der Waals surface area contributed by atoms with E-state index >= 15 is 0 Å². The lowest BCUT2D eigenvalue weighted by atomic mass is 10.2. The predicted octanol–water partition coefficient (Wildman–Crippen LogP) is 3.67. The van der Waals surface area contributed by atoms with Crippen LogP contribution >= 0.6 is 11.8 Å². The van der Waals surface area contributed by atoms with Crippen molar-refractivity contribution in [3.8, 4) is 0 Å². The number of rotatable bonds is 10. The van der Waals surface area contributed by atoms with Gasteiger partial charge in [-0.1, -0.05) is 12.1 Å². The van der Waals surface area contributed by atoms with E-state index in [2.05, 4.69) is 10.6 Å². The van der Waals surface area contributed by atoms with E-state index in [1.54, 1.807) is 37.1 Å². The number of carbonyl (C=O) groups is 2. The number of hydrogen-bond donors (Lipinski definition) is 2. The summed E-state index contributed by atoms with van der Waals surface area (Å²) in [5.74, 6) is -0.946. The highest BCUT2D eigenvalue weighted by Crippen LogP contribution is 2.17. The molecule has 0 saturated carbocycles. The van der Waals surface area contributed by atoms with E-state index in [0.717, 1.165) is 0 Å². The molecule has 0 aliphatic carbocycles. The van der Waals surface area contributed by atoms with Crippen molar-refractivity contribution < 1.29 is 18.4 Å². The summed E-state index contributed by atoms with van der Waals surface area (Å²) >= 11 is 1.22. The van der Waals surface area contributed by atoms with Gasteiger partial charge in [0.15, 0.2) is 0 Å². The summed E-state index contributed by atoms with van der Waals surface area (Å²) in [5.41, 5.74) is 1.03. The normalized spacial score (nSPS) is 11.6. The molecule has 2 amide bonds. The maximum Gasteiger partial charge on any atom is 0.234 e. The van der Waals surface area contributed by atoms with Crippen molar-refractivity contribution in [3.05, 3.63) is 60.2 Å². The van der Waals surface area contributed by atoms with Crippen LogP contribution in [0, 0.1) is 11.6 Å². The standard InChI is InChI=1S/C21H25F2N3O2S/c1-15(29-14-20(27)25-17-10-8-16(22)9-11-17)21(28)24-12-5-13-26(2)19-7-4-3-6-18(19)23/h3-4,6-11,15H,5,12-14H2,1-2H3,(H,24,28)(H,25,27). The zero-order chi connectivity index (χ0) is 21.2. The number of benzene rings is 2. The molecule has 2 aromatic rings. The van der Waals surface area contributed by atoms with Crippen molar-refractivity contribution in [1.82, 2.24) is 5.32 Å². The highest BCUT2D eigenvalue weighted by molar-refractivity contribution is 8.01. The number of halogens is 2. The fourth-order valence-electron chi connectivity index (χ4n) is 2.56. The third kappa shape index (κ3) is 7.73. The highest BCUT2D eigenvalue weighted by atomic mass is 32.2. The number of nitrogens with one attached hydrogen (secondary N) is 2. The van der Waals surface area contributed by atoms with Gasteiger partial charge in [0.25, 0.3) is 0 Å². The second-order valence-electron chi connectivity index (χ2n) is 6.53. The number of hydrogen-bond acceptors (Lipinski definition) is 4. The van der Waals surface area contributed by atoms with Gasteiger partial charge in [0.2, 0.25) is 11.8 Å². The molecule has 0 saturated heterocycles. The van der Waals surface area contributed by atoms with Gasteiger partial charge in [0, 0.05) is 25.8 Å². The Kier molecular flexibility index (Phi) is 8.92. The maximum atomic E-state index is 13.7. The Balaban J connectivity index is 1.63. The molecule has 0 aliphatic rings. The topological polar surface area (TPSA) is 61.4 Å². The molecule has 0 spiro atoms. The molecule has 0 fully saturated rings. The van der Waals surface area contributed by atoms with Gasteiger partial charge in [-0.15, -0.1) is 11.8 Å². The van der Waals surface area contributed by atoms with Crippen LogP contribution in [0.5, 0.6) is 0 Å². The van der Waals surface area contributed by atoms with E-state index in [1.807, 2.05) is 0 Å². The van der Waals surface area contributed by atoms with Crippen LogP contribution in [0.2, 0.25) is 0 Å². The molecule has 8 heteroatoms. The summed E-state index contributed by atoms with van der Waals surface area (Å²) in [6.45, 7) is 2.80. The number of para-hydroxylation sites is 1. The van der Waals surface area contributed by atoms with Crippen molar-refractivity contribution in [2.75, 3.05) is 36.1 Å². The Morgan fingerprint density at radius 1 is 1.10 bits per heavy atom. The Morgan fingerprint density at radius 2 is 1.79 bits per heavy atom. The van der Waals surface area contributed by atoms with Crippen molar-refractivity contribution in [3.63, 3.8) is 0 Å². The second kappa shape index (κ2) is 11.4. The van der Waals surface area contributed by atoms with Gasteiger partial charge < -0.3 is 15.5 Å². The summed E-state index contributed by atoms with van der Waals surface area (Å²) < 4.78 is 26.6. The number of carbonyl (C=O) groups excluding carboxylic acids is 2. The van der Waals surface area contributed by atoms with Crippen LogP contribution in [-0.4, -0.2) is 43.0 Å². The second-order valence-corrected chi connectivity index (χ2v) is 7.85. The molecule has 2 rings (SSSR count). The number of nitrogens with zero attached hydrogens (tertiary/aromatic N) is 1. The van der Waals surface area contributed by atoms with Gasteiger partial charge in [-0.05, 0) is 49.7 Å². The fourth-order valence-corrected chi connectivity index (χ4v) is 3.27. The monoisotopic (exact) mass is 421 g/mol. The first-order valence-electron chi connectivity index (χ1n) is 9.27. The largest absolute Gasteiger partial charge is 0.372 e. The first-order valence-corrected chi connectivity index (χ1v) is 10.3. The van der Waals surface area contributed by atoms with Gasteiger partial charge in [0.1, 0.15) is 11.6 Å². The lowest BCUT2D eigenvalue weighted by Crippen LogP contribution is -2.34. The average molecular weight is 422 g/mol. The van der Waals surface area contributed by atoms with Gasteiger partial charge >= 0.3 is 0 Å². The summed E-state index contributed by atoms with van der Waals surface area (Å²) in [7, 11) is 1.80. The summed E-state index contributed by atoms with van der Waals surface area (Å²) in [5, 5.41) is 5.09. The molecule has 0 bridgehead atoms. The quantitative estimate of drug-likeness (QED) is 0.575. The zero-order valence-corrected chi connectivity index (χ0v) is 17.3. The van der Waals surface area contributed by atoms with E-state index in [0.29, 0.717) is 30.9 Å². The average Bonchev–Trinajstić information content (AvgIpc) is 2.71. The lowest BCUT2D eigenvalue weighted by molar-refractivity contribution is -0.120. The van der Waals surface area contributed by atoms with Crippen LogP contribution < -0.4 is 15.5 Å². The molecule has 2 N–H and O–H groups in total. The van der Waals surface area contributed by atoms with Crippen LogP contribution in [0.4, 0.5) is 20.2 Å². The molecule has 29 heavy (non-hydrogen) atoms. The van der Waals surface area contributed by atoms with Crippen LogP contribution in [-0.2, 0) is 9.59 Å². The molecule has 0 radical (unpaired) electrons. The van der Waals surface area contributed by atoms with E-state index < -0.39 is 5.25 Å². The molecular weight excluding hydrogens is 396 g/mol. The van der Waals surface area contributed by atoms with Crippen molar-refractivity contribution >= 4 is 35.0 Å². The fraction of sp³-hybridized carbons (Fsp3) is 0.333. The Labute approximate surface area is 173 Å². The van der Waals surface area contributed by atoms with Crippen LogP contribution in [0.25, 0.3) is 0 Å². The summed E-state index contributed by atoms with van der Waals surface area (Å²) in [6, 6.07) is 12.0. The summed E-state index contributed by atoms with van der Waals surface area (Å²) in [6.07, 6.45) is 0.666.